The zero-order valence-electron chi connectivity index (χ0n) is 15.9. The van der Waals surface area contributed by atoms with Crippen molar-refractivity contribution in [2.45, 2.75) is 11.9 Å². The summed E-state index contributed by atoms with van der Waals surface area (Å²) in [6.45, 7) is 2.41. The predicted molar refractivity (Wildman–Crippen MR) is 116 cm³/mol. The van der Waals surface area contributed by atoms with Gasteiger partial charge in [-0.3, -0.25) is 4.79 Å². The summed E-state index contributed by atoms with van der Waals surface area (Å²) in [5, 5.41) is 12.4. The molecule has 0 atom stereocenters. The van der Waals surface area contributed by atoms with Gasteiger partial charge in [0.25, 0.3) is 0 Å². The Labute approximate surface area is 181 Å². The SMILES string of the molecule is CCOc1ccccc1NC(=O)CSc1ncnc2c1nnn2-c1cccc(Cl)c1. The van der Waals surface area contributed by atoms with Crippen LogP contribution in [0.4, 0.5) is 5.69 Å². The predicted octanol–water partition coefficient (Wildman–Crippen LogP) is 3.99. The van der Waals surface area contributed by atoms with E-state index in [0.717, 1.165) is 5.69 Å². The zero-order valence-corrected chi connectivity index (χ0v) is 17.5. The Hall–Kier alpha value is -3.17. The van der Waals surface area contributed by atoms with Crippen LogP contribution in [0.2, 0.25) is 5.02 Å². The normalized spacial score (nSPS) is 10.9. The van der Waals surface area contributed by atoms with Crippen LogP contribution in [-0.2, 0) is 4.79 Å². The summed E-state index contributed by atoms with van der Waals surface area (Å²) in [6, 6.07) is 14.5. The molecule has 2 aromatic carbocycles. The van der Waals surface area contributed by atoms with E-state index in [9.17, 15) is 4.79 Å². The maximum absolute atomic E-state index is 12.5. The number of thioether (sulfide) groups is 1. The van der Waals surface area contributed by atoms with Gasteiger partial charge in [0.15, 0.2) is 11.2 Å². The van der Waals surface area contributed by atoms with Crippen LogP contribution in [-0.4, -0.2) is 43.2 Å². The van der Waals surface area contributed by atoms with Crippen LogP contribution in [0, 0.1) is 0 Å². The first-order valence-corrected chi connectivity index (χ1v) is 10.5. The maximum atomic E-state index is 12.5. The number of carbonyl (C=O) groups excluding carboxylic acids is 1. The Morgan fingerprint density at radius 2 is 2.07 bits per heavy atom. The molecular formula is C20H17ClN6O2S. The number of nitrogens with zero attached hydrogens (tertiary/aromatic N) is 5. The quantitative estimate of drug-likeness (QED) is 0.343. The number of fused-ring (bicyclic) bond motifs is 1. The van der Waals surface area contributed by atoms with Crippen molar-refractivity contribution in [3.8, 4) is 11.4 Å². The van der Waals surface area contributed by atoms with E-state index >= 15 is 0 Å². The van der Waals surface area contributed by atoms with Crippen molar-refractivity contribution in [2.75, 3.05) is 17.7 Å². The lowest BCUT2D eigenvalue weighted by atomic mass is 10.3. The molecule has 0 fully saturated rings. The highest BCUT2D eigenvalue weighted by Crippen LogP contribution is 2.27. The van der Waals surface area contributed by atoms with Crippen LogP contribution in [0.15, 0.2) is 59.9 Å². The largest absolute Gasteiger partial charge is 0.492 e. The lowest BCUT2D eigenvalue weighted by Crippen LogP contribution is -2.15. The van der Waals surface area contributed by atoms with Crippen molar-refractivity contribution < 1.29 is 9.53 Å². The third-order valence-electron chi connectivity index (χ3n) is 4.06. The molecule has 0 spiro atoms. The molecule has 8 nitrogen and oxygen atoms in total. The molecule has 0 saturated heterocycles. The van der Waals surface area contributed by atoms with Gasteiger partial charge in [-0.25, -0.2) is 9.97 Å². The number of hydrogen-bond acceptors (Lipinski definition) is 7. The topological polar surface area (TPSA) is 94.8 Å². The minimum Gasteiger partial charge on any atom is -0.492 e. The van der Waals surface area contributed by atoms with E-state index in [1.165, 1.54) is 18.1 Å². The van der Waals surface area contributed by atoms with Gasteiger partial charge in [-0.2, -0.15) is 4.68 Å². The fourth-order valence-electron chi connectivity index (χ4n) is 2.79. The van der Waals surface area contributed by atoms with Crippen LogP contribution in [0.3, 0.4) is 0 Å². The van der Waals surface area contributed by atoms with Gasteiger partial charge in [0, 0.05) is 5.02 Å². The van der Waals surface area contributed by atoms with E-state index in [1.807, 2.05) is 37.3 Å². The van der Waals surface area contributed by atoms with Gasteiger partial charge in [0.1, 0.15) is 17.1 Å². The molecule has 0 aliphatic heterocycles. The molecule has 0 bridgehead atoms. The lowest BCUT2D eigenvalue weighted by Gasteiger charge is -2.11. The second-order valence-corrected chi connectivity index (χ2v) is 7.50. The number of carbonyl (C=O) groups is 1. The van der Waals surface area contributed by atoms with Crippen LogP contribution in [0.1, 0.15) is 6.92 Å². The number of aromatic nitrogens is 5. The number of amides is 1. The number of ether oxygens (including phenoxy) is 1. The molecule has 0 aliphatic rings. The van der Waals surface area contributed by atoms with Gasteiger partial charge in [-0.15, -0.1) is 5.10 Å². The molecular weight excluding hydrogens is 424 g/mol. The molecule has 0 aliphatic carbocycles. The van der Waals surface area contributed by atoms with E-state index < -0.39 is 0 Å². The van der Waals surface area contributed by atoms with Gasteiger partial charge >= 0.3 is 0 Å². The Bertz CT molecular complexity index is 1200. The van der Waals surface area contributed by atoms with Crippen LogP contribution in [0.25, 0.3) is 16.9 Å². The van der Waals surface area contributed by atoms with E-state index in [2.05, 4.69) is 25.6 Å². The summed E-state index contributed by atoms with van der Waals surface area (Å²) < 4.78 is 7.13. The van der Waals surface area contributed by atoms with Crippen molar-refractivity contribution in [3.05, 3.63) is 59.9 Å². The monoisotopic (exact) mass is 440 g/mol. The van der Waals surface area contributed by atoms with Gasteiger partial charge < -0.3 is 10.1 Å². The van der Waals surface area contributed by atoms with Crippen molar-refractivity contribution in [1.82, 2.24) is 25.0 Å². The number of nitrogens with one attached hydrogen (secondary N) is 1. The van der Waals surface area contributed by atoms with E-state index in [-0.39, 0.29) is 11.7 Å². The Kier molecular flexibility index (Phi) is 6.10. The number of para-hydroxylation sites is 2. The minimum atomic E-state index is -0.179. The lowest BCUT2D eigenvalue weighted by molar-refractivity contribution is -0.113. The average Bonchev–Trinajstić information content (AvgIpc) is 3.19. The van der Waals surface area contributed by atoms with Crippen molar-refractivity contribution in [2.24, 2.45) is 0 Å². The second kappa shape index (κ2) is 9.10. The second-order valence-electron chi connectivity index (χ2n) is 6.10. The molecule has 2 aromatic heterocycles. The zero-order chi connectivity index (χ0) is 20.9. The molecule has 0 radical (unpaired) electrons. The first kappa shape index (κ1) is 20.1. The molecule has 152 valence electrons. The number of benzene rings is 2. The number of halogens is 1. The highest BCUT2D eigenvalue weighted by Gasteiger charge is 2.15. The van der Waals surface area contributed by atoms with Gasteiger partial charge in [0.05, 0.1) is 23.7 Å². The molecule has 0 unspecified atom stereocenters. The van der Waals surface area contributed by atoms with Gasteiger partial charge in [-0.1, -0.05) is 46.8 Å². The van der Waals surface area contributed by atoms with Crippen molar-refractivity contribution in [1.29, 1.82) is 0 Å². The summed E-state index contributed by atoms with van der Waals surface area (Å²) in [7, 11) is 0. The summed E-state index contributed by atoms with van der Waals surface area (Å²) in [4.78, 5) is 21.0. The van der Waals surface area contributed by atoms with Crippen LogP contribution in [0.5, 0.6) is 5.75 Å². The maximum Gasteiger partial charge on any atom is 0.234 e. The minimum absolute atomic E-state index is 0.149. The van der Waals surface area contributed by atoms with Crippen molar-refractivity contribution in [3.63, 3.8) is 0 Å². The summed E-state index contributed by atoms with van der Waals surface area (Å²) in [5.41, 5.74) is 2.43. The van der Waals surface area contributed by atoms with Gasteiger partial charge in [-0.05, 0) is 37.3 Å². The molecule has 2 heterocycles. The number of anilines is 1. The summed E-state index contributed by atoms with van der Waals surface area (Å²) >= 11 is 7.34. The molecule has 30 heavy (non-hydrogen) atoms. The molecule has 10 heteroatoms. The third-order valence-corrected chi connectivity index (χ3v) is 5.27. The average molecular weight is 441 g/mol. The summed E-state index contributed by atoms with van der Waals surface area (Å²) in [6.07, 6.45) is 1.43. The Balaban J connectivity index is 1.50. The Morgan fingerprint density at radius 1 is 1.20 bits per heavy atom. The van der Waals surface area contributed by atoms with Gasteiger partial charge in [0.2, 0.25) is 5.91 Å². The third kappa shape index (κ3) is 4.37. The first-order valence-electron chi connectivity index (χ1n) is 9.12. The Morgan fingerprint density at radius 3 is 2.90 bits per heavy atom. The summed E-state index contributed by atoms with van der Waals surface area (Å²) in [5.74, 6) is 0.602. The highest BCUT2D eigenvalue weighted by molar-refractivity contribution is 8.00. The highest BCUT2D eigenvalue weighted by atomic mass is 35.5. The molecule has 4 aromatic rings. The van der Waals surface area contributed by atoms with Crippen LogP contribution >= 0.6 is 23.4 Å². The fraction of sp³-hybridized carbons (Fsp3) is 0.150. The standard InChI is InChI=1S/C20H17ClN6O2S/c1-2-29-16-9-4-3-8-15(16)24-17(28)11-30-20-18-19(22-12-23-20)27(26-25-18)14-7-5-6-13(21)10-14/h3-10,12H,2,11H2,1H3,(H,24,28). The first-order chi connectivity index (χ1) is 14.7. The van der Waals surface area contributed by atoms with E-state index in [0.29, 0.717) is 39.3 Å². The fourth-order valence-corrected chi connectivity index (χ4v) is 3.70. The molecule has 1 amide bonds. The molecule has 1 N–H and O–H groups in total. The van der Waals surface area contributed by atoms with Crippen molar-refractivity contribution >= 4 is 46.1 Å². The van der Waals surface area contributed by atoms with E-state index in [1.54, 1.807) is 22.9 Å². The number of rotatable bonds is 7. The molecule has 0 saturated carbocycles. The molecule has 4 rings (SSSR count). The smallest absolute Gasteiger partial charge is 0.234 e. The number of hydrogen-bond donors (Lipinski definition) is 1. The van der Waals surface area contributed by atoms with E-state index in [4.69, 9.17) is 16.3 Å². The van der Waals surface area contributed by atoms with Crippen LogP contribution < -0.4 is 10.1 Å².